The van der Waals surface area contributed by atoms with Crippen LogP contribution >= 0.6 is 23.8 Å². The average molecular weight is 417 g/mol. The zero-order valence-corrected chi connectivity index (χ0v) is 16.0. The standard InChI is InChI=1S/C18H13ClN4O4S/c1-10(24)14(17(25)20-12-4-2-11(19)3-5-12)9-22-16-8-13(23(26)27)6-7-15(16)21-18(22)28/h2-9H,1H3,(H,20,25)(H,21,28). The minimum Gasteiger partial charge on any atom is -0.330 e. The molecule has 0 spiro atoms. The number of imidazole rings is 1. The number of fused-ring (bicyclic) bond motifs is 1. The Morgan fingerprint density at radius 2 is 1.93 bits per heavy atom. The van der Waals surface area contributed by atoms with Gasteiger partial charge < -0.3 is 10.3 Å². The number of nitro groups is 1. The van der Waals surface area contributed by atoms with Crippen molar-refractivity contribution in [3.63, 3.8) is 0 Å². The van der Waals surface area contributed by atoms with Gasteiger partial charge in [0.1, 0.15) is 0 Å². The number of amides is 1. The van der Waals surface area contributed by atoms with Gasteiger partial charge in [-0.15, -0.1) is 0 Å². The topological polar surface area (TPSA) is 110 Å². The molecule has 0 saturated heterocycles. The minimum absolute atomic E-state index is 0.140. The van der Waals surface area contributed by atoms with E-state index in [0.29, 0.717) is 21.7 Å². The Morgan fingerprint density at radius 3 is 2.54 bits per heavy atom. The third-order valence-electron chi connectivity index (χ3n) is 3.90. The van der Waals surface area contributed by atoms with Crippen LogP contribution in [0.4, 0.5) is 11.4 Å². The van der Waals surface area contributed by atoms with Crippen LogP contribution in [0.1, 0.15) is 6.92 Å². The number of nitro benzene ring substituents is 1. The number of aromatic amines is 1. The van der Waals surface area contributed by atoms with Gasteiger partial charge in [0, 0.05) is 29.0 Å². The lowest BCUT2D eigenvalue weighted by molar-refractivity contribution is -0.384. The van der Waals surface area contributed by atoms with Crippen molar-refractivity contribution in [2.24, 2.45) is 0 Å². The molecule has 142 valence electrons. The third kappa shape index (κ3) is 4.00. The van der Waals surface area contributed by atoms with E-state index in [0.717, 1.165) is 0 Å². The molecule has 0 atom stereocenters. The maximum atomic E-state index is 12.6. The van der Waals surface area contributed by atoms with Gasteiger partial charge in [-0.1, -0.05) is 11.6 Å². The first-order valence-corrected chi connectivity index (χ1v) is 8.73. The van der Waals surface area contributed by atoms with Gasteiger partial charge in [0.15, 0.2) is 10.6 Å². The van der Waals surface area contributed by atoms with Crippen LogP contribution in [-0.4, -0.2) is 26.2 Å². The largest absolute Gasteiger partial charge is 0.330 e. The first-order chi connectivity index (χ1) is 13.3. The fraction of sp³-hybridized carbons (Fsp3) is 0.0556. The molecule has 10 heteroatoms. The number of rotatable bonds is 5. The van der Waals surface area contributed by atoms with E-state index in [1.165, 1.54) is 35.9 Å². The summed E-state index contributed by atoms with van der Waals surface area (Å²) in [6.45, 7) is 1.24. The summed E-state index contributed by atoms with van der Waals surface area (Å²) in [6, 6.07) is 10.5. The van der Waals surface area contributed by atoms with E-state index in [9.17, 15) is 19.7 Å². The molecule has 1 aromatic heterocycles. The number of aromatic nitrogens is 2. The van der Waals surface area contributed by atoms with E-state index < -0.39 is 16.6 Å². The number of nitrogens with zero attached hydrogens (tertiary/aromatic N) is 2. The number of anilines is 1. The molecule has 2 aromatic carbocycles. The third-order valence-corrected chi connectivity index (χ3v) is 4.45. The van der Waals surface area contributed by atoms with Gasteiger partial charge in [-0.2, -0.15) is 0 Å². The van der Waals surface area contributed by atoms with Crippen LogP contribution in [0.15, 0.2) is 48.0 Å². The van der Waals surface area contributed by atoms with E-state index >= 15 is 0 Å². The van der Waals surface area contributed by atoms with Crippen molar-refractivity contribution in [1.82, 2.24) is 9.55 Å². The molecule has 28 heavy (non-hydrogen) atoms. The number of benzene rings is 2. The van der Waals surface area contributed by atoms with Crippen molar-refractivity contribution in [2.75, 3.05) is 5.32 Å². The number of Topliss-reactive ketones (excluding diaryl/α,β-unsaturated/α-hetero) is 1. The highest BCUT2D eigenvalue weighted by atomic mass is 35.5. The quantitative estimate of drug-likeness (QED) is 0.161. The van der Waals surface area contributed by atoms with Crippen molar-refractivity contribution >= 4 is 64.1 Å². The zero-order chi connectivity index (χ0) is 20.4. The van der Waals surface area contributed by atoms with Gasteiger partial charge in [-0.3, -0.25) is 24.3 Å². The first kappa shape index (κ1) is 19.5. The summed E-state index contributed by atoms with van der Waals surface area (Å²) in [7, 11) is 0. The Labute approximate surface area is 168 Å². The molecule has 0 saturated carbocycles. The zero-order valence-electron chi connectivity index (χ0n) is 14.4. The number of nitrogens with one attached hydrogen (secondary N) is 2. The van der Waals surface area contributed by atoms with Crippen LogP contribution in [0.3, 0.4) is 0 Å². The number of H-pyrrole nitrogens is 1. The van der Waals surface area contributed by atoms with E-state index in [1.807, 2.05) is 0 Å². The van der Waals surface area contributed by atoms with Gasteiger partial charge >= 0.3 is 0 Å². The molecule has 1 heterocycles. The van der Waals surface area contributed by atoms with Crippen molar-refractivity contribution in [2.45, 2.75) is 6.92 Å². The second kappa shape index (κ2) is 7.75. The Balaban J connectivity index is 2.05. The van der Waals surface area contributed by atoms with E-state index in [1.54, 1.807) is 24.3 Å². The van der Waals surface area contributed by atoms with E-state index in [2.05, 4.69) is 10.3 Å². The highest BCUT2D eigenvalue weighted by Crippen LogP contribution is 2.22. The molecule has 0 aliphatic heterocycles. The number of ketones is 1. The predicted molar refractivity (Wildman–Crippen MR) is 109 cm³/mol. The highest BCUT2D eigenvalue weighted by molar-refractivity contribution is 7.71. The Bertz CT molecular complexity index is 1190. The van der Waals surface area contributed by atoms with Gasteiger partial charge in [0.25, 0.3) is 11.6 Å². The van der Waals surface area contributed by atoms with Gasteiger partial charge in [-0.25, -0.2) is 0 Å². The van der Waals surface area contributed by atoms with Crippen LogP contribution in [0, 0.1) is 14.9 Å². The van der Waals surface area contributed by atoms with E-state index in [4.69, 9.17) is 23.8 Å². The van der Waals surface area contributed by atoms with Crippen LogP contribution in [0.5, 0.6) is 0 Å². The number of hydrogen-bond donors (Lipinski definition) is 2. The summed E-state index contributed by atoms with van der Waals surface area (Å²) in [5.41, 5.74) is 1.06. The van der Waals surface area contributed by atoms with Gasteiger partial charge in [0.2, 0.25) is 0 Å². The summed E-state index contributed by atoms with van der Waals surface area (Å²) < 4.78 is 1.55. The molecule has 0 aliphatic rings. The fourth-order valence-electron chi connectivity index (χ4n) is 2.52. The maximum Gasteiger partial charge on any atom is 0.271 e. The van der Waals surface area contributed by atoms with Crippen LogP contribution in [0.2, 0.25) is 5.02 Å². The molecule has 3 rings (SSSR count). The summed E-state index contributed by atoms with van der Waals surface area (Å²) in [6.07, 6.45) is 1.26. The van der Waals surface area contributed by atoms with Crippen LogP contribution in [-0.2, 0) is 9.59 Å². The molecule has 0 radical (unpaired) electrons. The first-order valence-electron chi connectivity index (χ1n) is 7.94. The summed E-state index contributed by atoms with van der Waals surface area (Å²) in [5, 5.41) is 14.2. The fourth-order valence-corrected chi connectivity index (χ4v) is 2.91. The monoisotopic (exact) mass is 416 g/mol. The van der Waals surface area contributed by atoms with Gasteiger partial charge in [0.05, 0.1) is 21.5 Å². The lowest BCUT2D eigenvalue weighted by Crippen LogP contribution is -2.19. The molecular weight excluding hydrogens is 404 g/mol. The molecule has 3 aromatic rings. The van der Waals surface area contributed by atoms with E-state index in [-0.39, 0.29) is 16.0 Å². The number of hydrogen-bond acceptors (Lipinski definition) is 5. The minimum atomic E-state index is -0.642. The van der Waals surface area contributed by atoms with Gasteiger partial charge in [-0.05, 0) is 49.5 Å². The molecule has 8 nitrogen and oxygen atoms in total. The average Bonchev–Trinajstić information content (AvgIpc) is 2.95. The highest BCUT2D eigenvalue weighted by Gasteiger charge is 2.17. The summed E-state index contributed by atoms with van der Waals surface area (Å²) >= 11 is 11.1. The molecular formula is C18H13ClN4O4S. The SMILES string of the molecule is CC(=O)C(=Cn1c(=S)[nH]c2ccc([N+](=O)[O-])cc21)C(=O)Nc1ccc(Cl)cc1. The molecule has 0 fully saturated rings. The van der Waals surface area contributed by atoms with Crippen molar-refractivity contribution in [1.29, 1.82) is 0 Å². The Hall–Kier alpha value is -3.30. The smallest absolute Gasteiger partial charge is 0.271 e. The number of non-ortho nitro benzene ring substituents is 1. The van der Waals surface area contributed by atoms with Crippen LogP contribution in [0.25, 0.3) is 17.2 Å². The lowest BCUT2D eigenvalue weighted by Gasteiger charge is -2.07. The second-order valence-corrected chi connectivity index (χ2v) is 6.64. The maximum absolute atomic E-state index is 12.6. The molecule has 2 N–H and O–H groups in total. The van der Waals surface area contributed by atoms with Crippen LogP contribution < -0.4 is 5.32 Å². The number of carbonyl (C=O) groups is 2. The Kier molecular flexibility index (Phi) is 5.39. The van der Waals surface area contributed by atoms with Crippen molar-refractivity contribution in [3.05, 3.63) is 67.9 Å². The second-order valence-electron chi connectivity index (χ2n) is 5.82. The molecule has 0 bridgehead atoms. The lowest BCUT2D eigenvalue weighted by atomic mass is 10.2. The van der Waals surface area contributed by atoms with Crippen molar-refractivity contribution in [3.8, 4) is 0 Å². The molecule has 0 unspecified atom stereocenters. The predicted octanol–water partition coefficient (Wildman–Crippen LogP) is 4.33. The molecule has 1 amide bonds. The summed E-state index contributed by atoms with van der Waals surface area (Å²) in [4.78, 5) is 38.0. The number of halogens is 1. The summed E-state index contributed by atoms with van der Waals surface area (Å²) in [5.74, 6) is -1.13. The normalized spacial score (nSPS) is 11.4. The van der Waals surface area contributed by atoms with Crippen molar-refractivity contribution < 1.29 is 14.5 Å². The molecule has 0 aliphatic carbocycles. The number of carbonyl (C=O) groups excluding carboxylic acids is 2. The Morgan fingerprint density at radius 1 is 1.25 bits per heavy atom.